The van der Waals surface area contributed by atoms with Crippen LogP contribution in [0.3, 0.4) is 0 Å². The lowest BCUT2D eigenvalue weighted by atomic mass is 10.1. The molecule has 7 heteroatoms. The Balaban J connectivity index is 1.92. The van der Waals surface area contributed by atoms with Gasteiger partial charge in [-0.1, -0.05) is 18.2 Å². The maximum Gasteiger partial charge on any atom is 0.254 e. The molecule has 0 unspecified atom stereocenters. The van der Waals surface area contributed by atoms with Crippen molar-refractivity contribution in [3.63, 3.8) is 0 Å². The van der Waals surface area contributed by atoms with E-state index < -0.39 is 9.84 Å². The quantitative estimate of drug-likeness (QED) is 0.759. The molecule has 3 rings (SSSR count). The van der Waals surface area contributed by atoms with Crippen molar-refractivity contribution in [2.24, 2.45) is 0 Å². The average Bonchev–Trinajstić information content (AvgIpc) is 3.05. The van der Waals surface area contributed by atoms with Crippen LogP contribution in [0.4, 0.5) is 0 Å². The first-order chi connectivity index (χ1) is 12.9. The fourth-order valence-corrected chi connectivity index (χ4v) is 5.01. The highest BCUT2D eigenvalue weighted by atomic mass is 32.2. The summed E-state index contributed by atoms with van der Waals surface area (Å²) in [6, 6.07) is 14.0. The van der Waals surface area contributed by atoms with Crippen LogP contribution >= 0.6 is 0 Å². The van der Waals surface area contributed by atoms with Gasteiger partial charge in [0.25, 0.3) is 5.91 Å². The Morgan fingerprint density at radius 3 is 2.37 bits per heavy atom. The van der Waals surface area contributed by atoms with Crippen LogP contribution in [0.2, 0.25) is 0 Å². The summed E-state index contributed by atoms with van der Waals surface area (Å²) in [5, 5.41) is 0. The topological polar surface area (TPSA) is 72.9 Å². The minimum atomic E-state index is -3.12. The van der Waals surface area contributed by atoms with Gasteiger partial charge in [0.15, 0.2) is 9.84 Å². The molecule has 2 aromatic rings. The molecule has 0 N–H and O–H groups in total. The highest BCUT2D eigenvalue weighted by molar-refractivity contribution is 7.91. The minimum Gasteiger partial charge on any atom is -0.497 e. The molecular weight excluding hydrogens is 366 g/mol. The number of carbonyl (C=O) groups is 1. The van der Waals surface area contributed by atoms with E-state index >= 15 is 0 Å². The molecule has 1 heterocycles. The monoisotopic (exact) mass is 389 g/mol. The Morgan fingerprint density at radius 1 is 1.07 bits per heavy atom. The van der Waals surface area contributed by atoms with E-state index in [0.29, 0.717) is 30.0 Å². The van der Waals surface area contributed by atoms with Crippen molar-refractivity contribution < 1.29 is 22.7 Å². The van der Waals surface area contributed by atoms with Gasteiger partial charge >= 0.3 is 0 Å². The number of benzene rings is 2. The zero-order valence-electron chi connectivity index (χ0n) is 15.4. The normalized spacial score (nSPS) is 18.1. The van der Waals surface area contributed by atoms with Crippen LogP contribution in [-0.2, 0) is 16.4 Å². The van der Waals surface area contributed by atoms with Crippen molar-refractivity contribution >= 4 is 15.7 Å². The van der Waals surface area contributed by atoms with E-state index in [-0.39, 0.29) is 23.5 Å². The molecule has 1 amide bonds. The SMILES string of the molecule is COc1cccc(CN(C(=O)c2cccc(OC)c2)[C@@H]2CCS(=O)(=O)C2)c1. The summed E-state index contributed by atoms with van der Waals surface area (Å²) in [5.41, 5.74) is 1.36. The van der Waals surface area contributed by atoms with Gasteiger partial charge in [-0.25, -0.2) is 8.42 Å². The third kappa shape index (κ3) is 4.60. The summed E-state index contributed by atoms with van der Waals surface area (Å²) < 4.78 is 34.4. The zero-order chi connectivity index (χ0) is 19.4. The molecule has 1 aliphatic heterocycles. The largest absolute Gasteiger partial charge is 0.497 e. The van der Waals surface area contributed by atoms with Gasteiger partial charge in [-0.3, -0.25) is 4.79 Å². The smallest absolute Gasteiger partial charge is 0.254 e. The summed E-state index contributed by atoms with van der Waals surface area (Å²) in [4.78, 5) is 14.9. The van der Waals surface area contributed by atoms with Crippen LogP contribution in [0.15, 0.2) is 48.5 Å². The molecule has 6 nitrogen and oxygen atoms in total. The van der Waals surface area contributed by atoms with Crippen molar-refractivity contribution in [2.45, 2.75) is 19.0 Å². The van der Waals surface area contributed by atoms with Crippen LogP contribution in [-0.4, -0.2) is 51.0 Å². The maximum absolute atomic E-state index is 13.2. The van der Waals surface area contributed by atoms with E-state index in [1.165, 1.54) is 0 Å². The number of carbonyl (C=O) groups excluding carboxylic acids is 1. The third-order valence-electron chi connectivity index (χ3n) is 4.71. The standard InChI is InChI=1S/C20H23NO5S/c1-25-18-7-3-5-15(11-18)13-21(17-9-10-27(23,24)14-17)20(22)16-6-4-8-19(12-16)26-2/h3-8,11-12,17H,9-10,13-14H2,1-2H3/t17-/m1/s1. The molecule has 0 aromatic heterocycles. The number of hydrogen-bond donors (Lipinski definition) is 0. The van der Waals surface area contributed by atoms with Crippen LogP contribution in [0, 0.1) is 0 Å². The molecule has 0 radical (unpaired) electrons. The van der Waals surface area contributed by atoms with E-state index in [1.54, 1.807) is 43.4 Å². The van der Waals surface area contributed by atoms with Gasteiger partial charge in [0.05, 0.1) is 25.7 Å². The van der Waals surface area contributed by atoms with Gasteiger partial charge in [0.1, 0.15) is 11.5 Å². The molecule has 1 atom stereocenters. The predicted molar refractivity (Wildman–Crippen MR) is 103 cm³/mol. The third-order valence-corrected chi connectivity index (χ3v) is 6.46. The van der Waals surface area contributed by atoms with Gasteiger partial charge in [-0.2, -0.15) is 0 Å². The highest BCUT2D eigenvalue weighted by Gasteiger charge is 2.35. The van der Waals surface area contributed by atoms with Crippen molar-refractivity contribution in [1.82, 2.24) is 4.90 Å². The van der Waals surface area contributed by atoms with E-state index in [0.717, 1.165) is 5.56 Å². The van der Waals surface area contributed by atoms with Crippen LogP contribution in [0.1, 0.15) is 22.3 Å². The van der Waals surface area contributed by atoms with Crippen LogP contribution in [0.5, 0.6) is 11.5 Å². The van der Waals surface area contributed by atoms with Crippen LogP contribution < -0.4 is 9.47 Å². The van der Waals surface area contributed by atoms with Gasteiger partial charge in [-0.15, -0.1) is 0 Å². The number of hydrogen-bond acceptors (Lipinski definition) is 5. The summed E-state index contributed by atoms with van der Waals surface area (Å²) in [5.74, 6) is 1.17. The van der Waals surface area contributed by atoms with E-state index in [4.69, 9.17) is 9.47 Å². The number of sulfone groups is 1. The second kappa shape index (κ2) is 8.00. The second-order valence-electron chi connectivity index (χ2n) is 6.57. The highest BCUT2D eigenvalue weighted by Crippen LogP contribution is 2.24. The first-order valence-corrected chi connectivity index (χ1v) is 10.5. The number of methoxy groups -OCH3 is 2. The molecule has 1 aliphatic rings. The Labute approximate surface area is 159 Å². The van der Waals surface area contributed by atoms with Gasteiger partial charge in [0.2, 0.25) is 0 Å². The number of amides is 1. The van der Waals surface area contributed by atoms with E-state index in [9.17, 15) is 13.2 Å². The first-order valence-electron chi connectivity index (χ1n) is 8.70. The summed E-state index contributed by atoms with van der Waals surface area (Å²) >= 11 is 0. The van der Waals surface area contributed by atoms with Crippen molar-refractivity contribution in [3.8, 4) is 11.5 Å². The molecule has 2 aromatic carbocycles. The van der Waals surface area contributed by atoms with Crippen LogP contribution in [0.25, 0.3) is 0 Å². The molecule has 0 spiro atoms. The summed E-state index contributed by atoms with van der Waals surface area (Å²) in [7, 11) is 0.0106. The predicted octanol–water partition coefficient (Wildman–Crippen LogP) is 2.53. The number of ether oxygens (including phenoxy) is 2. The van der Waals surface area contributed by atoms with E-state index in [2.05, 4.69) is 0 Å². The second-order valence-corrected chi connectivity index (χ2v) is 8.80. The minimum absolute atomic E-state index is 0.00726. The van der Waals surface area contributed by atoms with Gasteiger partial charge in [0, 0.05) is 18.2 Å². The molecule has 0 aliphatic carbocycles. The molecule has 0 saturated carbocycles. The lowest BCUT2D eigenvalue weighted by molar-refractivity contribution is 0.0680. The molecule has 0 bridgehead atoms. The molecule has 1 fully saturated rings. The van der Waals surface area contributed by atoms with E-state index in [1.807, 2.05) is 24.3 Å². The lowest BCUT2D eigenvalue weighted by Crippen LogP contribution is -2.40. The Hall–Kier alpha value is -2.54. The molecule has 144 valence electrons. The number of rotatable bonds is 6. The van der Waals surface area contributed by atoms with Crippen molar-refractivity contribution in [2.75, 3.05) is 25.7 Å². The molecular formula is C20H23NO5S. The fourth-order valence-electron chi connectivity index (χ4n) is 3.28. The fraction of sp³-hybridized carbons (Fsp3) is 0.350. The lowest BCUT2D eigenvalue weighted by Gasteiger charge is -2.29. The zero-order valence-corrected chi connectivity index (χ0v) is 16.2. The van der Waals surface area contributed by atoms with Gasteiger partial charge < -0.3 is 14.4 Å². The van der Waals surface area contributed by atoms with Crippen molar-refractivity contribution in [1.29, 1.82) is 0 Å². The maximum atomic E-state index is 13.2. The Bertz CT molecular complexity index is 925. The average molecular weight is 389 g/mol. The number of nitrogens with zero attached hydrogens (tertiary/aromatic N) is 1. The Morgan fingerprint density at radius 2 is 1.74 bits per heavy atom. The Kier molecular flexibility index (Phi) is 5.70. The van der Waals surface area contributed by atoms with Crippen molar-refractivity contribution in [3.05, 3.63) is 59.7 Å². The first kappa shape index (κ1) is 19.2. The summed E-state index contributed by atoms with van der Waals surface area (Å²) in [6.07, 6.45) is 0.446. The molecule has 1 saturated heterocycles. The summed E-state index contributed by atoms with van der Waals surface area (Å²) in [6.45, 7) is 0.313. The molecule has 27 heavy (non-hydrogen) atoms. The van der Waals surface area contributed by atoms with Gasteiger partial charge in [-0.05, 0) is 42.3 Å².